The SMILES string of the molecule is CNC(Cc1nnn(C)n1)c1cnc2ccsc2c1. The van der Waals surface area contributed by atoms with Crippen molar-refractivity contribution in [2.24, 2.45) is 7.05 Å². The number of hydrogen-bond donors (Lipinski definition) is 1. The predicted molar refractivity (Wildman–Crippen MR) is 73.9 cm³/mol. The fourth-order valence-corrected chi connectivity index (χ4v) is 2.82. The van der Waals surface area contributed by atoms with Crippen molar-refractivity contribution in [2.45, 2.75) is 12.5 Å². The molecule has 1 N–H and O–H groups in total. The number of rotatable bonds is 4. The number of likely N-dealkylation sites (N-methyl/N-ethyl adjacent to an activating group) is 1. The van der Waals surface area contributed by atoms with E-state index < -0.39 is 0 Å². The van der Waals surface area contributed by atoms with Crippen LogP contribution in [0.5, 0.6) is 0 Å². The molecule has 1 atom stereocenters. The van der Waals surface area contributed by atoms with Crippen LogP contribution in [0, 0.1) is 0 Å². The number of nitrogens with one attached hydrogen (secondary N) is 1. The van der Waals surface area contributed by atoms with Crippen LogP contribution in [-0.2, 0) is 13.5 Å². The molecule has 0 saturated carbocycles. The molecule has 0 fully saturated rings. The van der Waals surface area contributed by atoms with Gasteiger partial charge in [0.15, 0.2) is 5.82 Å². The Hall–Kier alpha value is -1.86. The molecule has 3 aromatic rings. The van der Waals surface area contributed by atoms with Gasteiger partial charge < -0.3 is 5.32 Å². The lowest BCUT2D eigenvalue weighted by Gasteiger charge is -2.14. The second kappa shape index (κ2) is 5.02. The molecule has 0 aliphatic rings. The molecular formula is C12H14N6S. The summed E-state index contributed by atoms with van der Waals surface area (Å²) in [4.78, 5) is 5.94. The summed E-state index contributed by atoms with van der Waals surface area (Å²) in [5.41, 5.74) is 2.19. The lowest BCUT2D eigenvalue weighted by molar-refractivity contribution is 0.569. The van der Waals surface area contributed by atoms with Crippen LogP contribution in [0.3, 0.4) is 0 Å². The summed E-state index contributed by atoms with van der Waals surface area (Å²) < 4.78 is 1.20. The van der Waals surface area contributed by atoms with E-state index in [-0.39, 0.29) is 6.04 Å². The molecule has 7 heteroatoms. The molecule has 98 valence electrons. The van der Waals surface area contributed by atoms with Crippen LogP contribution in [0.1, 0.15) is 17.4 Å². The van der Waals surface area contributed by atoms with Gasteiger partial charge in [0, 0.05) is 18.7 Å². The zero-order chi connectivity index (χ0) is 13.2. The van der Waals surface area contributed by atoms with Crippen molar-refractivity contribution in [3.63, 3.8) is 0 Å². The molecular weight excluding hydrogens is 260 g/mol. The first kappa shape index (κ1) is 12.2. The van der Waals surface area contributed by atoms with E-state index in [1.54, 1.807) is 18.4 Å². The van der Waals surface area contributed by atoms with E-state index in [9.17, 15) is 0 Å². The summed E-state index contributed by atoms with van der Waals surface area (Å²) in [6.07, 6.45) is 2.61. The number of aryl methyl sites for hydroxylation is 1. The number of fused-ring (bicyclic) bond motifs is 1. The van der Waals surface area contributed by atoms with Crippen LogP contribution in [0.25, 0.3) is 10.2 Å². The largest absolute Gasteiger partial charge is 0.313 e. The van der Waals surface area contributed by atoms with E-state index in [1.807, 2.05) is 19.3 Å². The first-order valence-electron chi connectivity index (χ1n) is 5.99. The van der Waals surface area contributed by atoms with Crippen LogP contribution < -0.4 is 5.32 Å². The Bertz CT molecular complexity index is 688. The normalized spacial score (nSPS) is 12.9. The van der Waals surface area contributed by atoms with Crippen molar-refractivity contribution in [3.05, 3.63) is 35.1 Å². The third-order valence-electron chi connectivity index (χ3n) is 3.01. The molecule has 0 aliphatic carbocycles. The molecule has 0 amide bonds. The van der Waals surface area contributed by atoms with Gasteiger partial charge in [-0.1, -0.05) is 0 Å². The van der Waals surface area contributed by atoms with Gasteiger partial charge in [-0.25, -0.2) is 0 Å². The molecule has 3 aromatic heterocycles. The van der Waals surface area contributed by atoms with Crippen LogP contribution in [0.4, 0.5) is 0 Å². The van der Waals surface area contributed by atoms with Crippen molar-refractivity contribution >= 4 is 21.6 Å². The van der Waals surface area contributed by atoms with Crippen molar-refractivity contribution < 1.29 is 0 Å². The van der Waals surface area contributed by atoms with Gasteiger partial charge in [0.25, 0.3) is 0 Å². The molecule has 0 spiro atoms. The number of nitrogens with zero attached hydrogens (tertiary/aromatic N) is 5. The Kier molecular flexibility index (Phi) is 3.22. The summed E-state index contributed by atoms with van der Waals surface area (Å²) in [6.45, 7) is 0. The van der Waals surface area contributed by atoms with Crippen LogP contribution in [-0.4, -0.2) is 32.2 Å². The summed E-state index contributed by atoms with van der Waals surface area (Å²) in [7, 11) is 3.70. The molecule has 3 rings (SSSR count). The van der Waals surface area contributed by atoms with Gasteiger partial charge in [0.1, 0.15) is 0 Å². The Labute approximate surface area is 114 Å². The summed E-state index contributed by atoms with van der Waals surface area (Å²) in [5.74, 6) is 0.730. The molecule has 3 heterocycles. The van der Waals surface area contributed by atoms with Gasteiger partial charge in [-0.3, -0.25) is 4.98 Å². The smallest absolute Gasteiger partial charge is 0.176 e. The zero-order valence-corrected chi connectivity index (χ0v) is 11.6. The van der Waals surface area contributed by atoms with Crippen LogP contribution in [0.15, 0.2) is 23.7 Å². The summed E-state index contributed by atoms with van der Waals surface area (Å²) in [6, 6.07) is 4.34. The number of hydrogen-bond acceptors (Lipinski definition) is 6. The zero-order valence-electron chi connectivity index (χ0n) is 10.7. The average Bonchev–Trinajstić information content (AvgIpc) is 3.03. The van der Waals surface area contributed by atoms with Gasteiger partial charge in [0.05, 0.1) is 17.3 Å². The maximum Gasteiger partial charge on any atom is 0.176 e. The highest BCUT2D eigenvalue weighted by Gasteiger charge is 2.14. The molecule has 0 bridgehead atoms. The number of thiophene rings is 1. The average molecular weight is 274 g/mol. The van der Waals surface area contributed by atoms with E-state index >= 15 is 0 Å². The maximum absolute atomic E-state index is 4.47. The van der Waals surface area contributed by atoms with Gasteiger partial charge in [-0.05, 0) is 35.3 Å². The molecule has 0 radical (unpaired) electrons. The van der Waals surface area contributed by atoms with Gasteiger partial charge in [-0.15, -0.1) is 21.5 Å². The molecule has 19 heavy (non-hydrogen) atoms. The fourth-order valence-electron chi connectivity index (χ4n) is 2.03. The third kappa shape index (κ3) is 2.47. The molecule has 0 aromatic carbocycles. The fraction of sp³-hybridized carbons (Fsp3) is 0.333. The van der Waals surface area contributed by atoms with E-state index in [0.717, 1.165) is 16.9 Å². The quantitative estimate of drug-likeness (QED) is 0.777. The summed E-state index contributed by atoms with van der Waals surface area (Å²) >= 11 is 1.70. The molecule has 0 aliphatic heterocycles. The lowest BCUT2D eigenvalue weighted by Crippen LogP contribution is -2.19. The van der Waals surface area contributed by atoms with E-state index in [1.165, 1.54) is 9.50 Å². The van der Waals surface area contributed by atoms with E-state index in [2.05, 4.69) is 37.2 Å². The first-order valence-corrected chi connectivity index (χ1v) is 6.87. The minimum Gasteiger partial charge on any atom is -0.313 e. The van der Waals surface area contributed by atoms with E-state index in [0.29, 0.717) is 6.42 Å². The van der Waals surface area contributed by atoms with Crippen molar-refractivity contribution in [1.29, 1.82) is 0 Å². The van der Waals surface area contributed by atoms with Gasteiger partial charge in [-0.2, -0.15) is 4.80 Å². The highest BCUT2D eigenvalue weighted by Crippen LogP contribution is 2.23. The third-order valence-corrected chi connectivity index (χ3v) is 3.86. The number of tetrazole rings is 1. The molecule has 6 nitrogen and oxygen atoms in total. The van der Waals surface area contributed by atoms with Crippen molar-refractivity contribution in [2.75, 3.05) is 7.05 Å². The van der Waals surface area contributed by atoms with Crippen molar-refractivity contribution in [1.82, 2.24) is 30.5 Å². The topological polar surface area (TPSA) is 68.5 Å². The van der Waals surface area contributed by atoms with Crippen LogP contribution in [0.2, 0.25) is 0 Å². The first-order chi connectivity index (χ1) is 9.26. The second-order valence-corrected chi connectivity index (χ2v) is 5.26. The highest BCUT2D eigenvalue weighted by molar-refractivity contribution is 7.17. The minimum atomic E-state index is 0.142. The molecule has 0 saturated heterocycles. The number of pyridine rings is 1. The monoisotopic (exact) mass is 274 g/mol. The lowest BCUT2D eigenvalue weighted by atomic mass is 10.1. The van der Waals surface area contributed by atoms with Crippen molar-refractivity contribution in [3.8, 4) is 0 Å². The Balaban J connectivity index is 1.88. The maximum atomic E-state index is 4.47. The number of aromatic nitrogens is 5. The Morgan fingerprint density at radius 3 is 3.11 bits per heavy atom. The highest BCUT2D eigenvalue weighted by atomic mass is 32.1. The van der Waals surface area contributed by atoms with Gasteiger partial charge >= 0.3 is 0 Å². The van der Waals surface area contributed by atoms with Gasteiger partial charge in [0.2, 0.25) is 0 Å². The Morgan fingerprint density at radius 1 is 1.47 bits per heavy atom. The standard InChI is InChI=1S/C12H14N6S/c1-13-10(6-12-15-17-18(2)16-12)8-5-11-9(14-7-8)3-4-19-11/h3-5,7,10,13H,6H2,1-2H3. The second-order valence-electron chi connectivity index (χ2n) is 4.31. The predicted octanol–water partition coefficient (Wildman–Crippen LogP) is 1.32. The Morgan fingerprint density at radius 2 is 2.37 bits per heavy atom. The molecule has 1 unspecified atom stereocenters. The summed E-state index contributed by atoms with van der Waals surface area (Å²) in [5, 5.41) is 17.4. The van der Waals surface area contributed by atoms with E-state index in [4.69, 9.17) is 0 Å². The van der Waals surface area contributed by atoms with Crippen LogP contribution >= 0.6 is 11.3 Å². The minimum absolute atomic E-state index is 0.142.